The van der Waals surface area contributed by atoms with Gasteiger partial charge in [-0.1, -0.05) is 52.0 Å². The second-order valence-electron chi connectivity index (χ2n) is 17.1. The van der Waals surface area contributed by atoms with E-state index in [1.165, 1.54) is 42.8 Å². The molecule has 15 heteroatoms. The predicted molar refractivity (Wildman–Crippen MR) is 235 cm³/mol. The Hall–Kier alpha value is -4.48. The van der Waals surface area contributed by atoms with Crippen molar-refractivity contribution in [3.8, 4) is 33.5 Å². The topological polar surface area (TPSA) is 150 Å². The minimum Gasteiger partial charge on any atom is -0.452 e. The molecule has 3 saturated heterocycles. The molecule has 5 aromatic rings. The highest BCUT2D eigenvalue weighted by atomic mass is 127. The number of fused-ring (bicyclic) bond motifs is 6. The zero-order valence-corrected chi connectivity index (χ0v) is 36.9. The van der Waals surface area contributed by atoms with Crippen molar-refractivity contribution in [2.45, 2.75) is 83.3 Å². The van der Waals surface area contributed by atoms with Gasteiger partial charge in [0, 0.05) is 61.6 Å². The van der Waals surface area contributed by atoms with Gasteiger partial charge in [-0.05, 0) is 89.1 Å². The highest BCUT2D eigenvalue weighted by Crippen LogP contribution is 2.54. The van der Waals surface area contributed by atoms with E-state index in [4.69, 9.17) is 24.4 Å². The lowest BCUT2D eigenvalue weighted by atomic mass is 9.75. The Kier molecular flexibility index (Phi) is 10.7. The van der Waals surface area contributed by atoms with Gasteiger partial charge >= 0.3 is 6.09 Å². The molecular formula is C44H49IN8O5S. The van der Waals surface area contributed by atoms with Crippen molar-refractivity contribution in [2.24, 2.45) is 11.8 Å². The summed E-state index contributed by atoms with van der Waals surface area (Å²) >= 11 is 2.02. The largest absolute Gasteiger partial charge is 0.452 e. The van der Waals surface area contributed by atoms with Gasteiger partial charge in [0.05, 0.1) is 55.2 Å². The number of carbonyl (C=O) groups is 3. The summed E-state index contributed by atoms with van der Waals surface area (Å²) in [6, 6.07) is 14.5. The van der Waals surface area contributed by atoms with Crippen molar-refractivity contribution in [1.29, 1.82) is 0 Å². The Labute approximate surface area is 360 Å². The van der Waals surface area contributed by atoms with Crippen LogP contribution in [0.4, 0.5) is 4.79 Å². The van der Waals surface area contributed by atoms with Crippen LogP contribution >= 0.6 is 30.3 Å². The van der Waals surface area contributed by atoms with Crippen LogP contribution in [0.25, 0.3) is 44.7 Å². The van der Waals surface area contributed by atoms with Gasteiger partial charge in [-0.15, -0.1) is 0 Å². The minimum absolute atomic E-state index is 0.0186. The first-order valence-electron chi connectivity index (χ1n) is 20.6. The highest BCUT2D eigenvalue weighted by molar-refractivity contribution is 14.2. The van der Waals surface area contributed by atoms with E-state index in [0.29, 0.717) is 43.6 Å². The lowest BCUT2D eigenvalue weighted by molar-refractivity contribution is -0.137. The molecule has 3 aromatic heterocycles. The average molecular weight is 929 g/mol. The number of halogens is 1. The molecule has 9 rings (SSSR count). The van der Waals surface area contributed by atoms with Crippen LogP contribution in [0.5, 0.6) is 0 Å². The third-order valence-electron chi connectivity index (χ3n) is 12.5. The van der Waals surface area contributed by atoms with Crippen molar-refractivity contribution in [2.75, 3.05) is 33.4 Å². The Morgan fingerprint density at radius 2 is 1.58 bits per heavy atom. The molecule has 0 bridgehead atoms. The number of amides is 3. The summed E-state index contributed by atoms with van der Waals surface area (Å²) in [6.07, 6.45) is 7.28. The number of nitrogens with zero attached hydrogens (tertiary/aromatic N) is 6. The Balaban J connectivity index is 0.971. The van der Waals surface area contributed by atoms with Crippen molar-refractivity contribution in [1.82, 2.24) is 39.0 Å². The smallest absolute Gasteiger partial charge is 0.420 e. The number of benzene rings is 2. The summed E-state index contributed by atoms with van der Waals surface area (Å²) < 4.78 is 12.4. The van der Waals surface area contributed by atoms with Crippen LogP contribution in [0.2, 0.25) is 0 Å². The van der Waals surface area contributed by atoms with Gasteiger partial charge in [0.15, 0.2) is 5.65 Å². The first kappa shape index (κ1) is 40.0. The number of aromatic amines is 2. The molecule has 13 nitrogen and oxygen atoms in total. The van der Waals surface area contributed by atoms with E-state index < -0.39 is 12.1 Å². The Morgan fingerprint density at radius 1 is 0.898 bits per heavy atom. The van der Waals surface area contributed by atoms with Crippen LogP contribution < -0.4 is 0 Å². The standard InChI is InChI=1S/C44H49IN8O5S/c1-24(2)16-37(54)51-14-6-8-35(51)40-47-21-34(49-40)27-11-13-30-29-12-10-26(17-31(29)44(22-58-23-44)32(30)18-27)28-19-33-39(46-20-28)50-41(48-33)36-9-7-15-52(36)42(55)38(25(3)4)53(59-45)43(56)57-5/h10-13,17-21,24-25,35-36,38H,6-9,14-16,22-23H2,1-5H3,(H,47,49)(H,46,48,50)/t35-,36-,38-/m0/s1. The third-order valence-corrected chi connectivity index (χ3v) is 14.3. The maximum atomic E-state index is 14.1. The van der Waals surface area contributed by atoms with Crippen LogP contribution in [-0.4, -0.2) is 96.4 Å². The number of rotatable bonds is 10. The lowest BCUT2D eigenvalue weighted by Gasteiger charge is -2.40. The fraction of sp³-hybridized carbons (Fsp3) is 0.455. The number of pyridine rings is 1. The molecule has 308 valence electrons. The van der Waals surface area contributed by atoms with E-state index in [2.05, 4.69) is 66.3 Å². The first-order valence-corrected chi connectivity index (χ1v) is 23.9. The average Bonchev–Trinajstić information content (AvgIpc) is 4.06. The van der Waals surface area contributed by atoms with Gasteiger partial charge in [0.1, 0.15) is 17.7 Å². The van der Waals surface area contributed by atoms with Gasteiger partial charge in [0.25, 0.3) is 0 Å². The number of ether oxygens (including phenoxy) is 2. The zero-order chi connectivity index (χ0) is 41.2. The monoisotopic (exact) mass is 928 g/mol. The molecule has 3 amide bonds. The van der Waals surface area contributed by atoms with Gasteiger partial charge in [-0.25, -0.2) is 24.1 Å². The summed E-state index contributed by atoms with van der Waals surface area (Å²) in [7, 11) is 2.50. The number of aromatic nitrogens is 5. The molecule has 3 atom stereocenters. The van der Waals surface area contributed by atoms with Gasteiger partial charge in [-0.3, -0.25) is 9.59 Å². The van der Waals surface area contributed by atoms with Crippen LogP contribution in [0, 0.1) is 11.8 Å². The quantitative estimate of drug-likeness (QED) is 0.104. The molecule has 4 aliphatic rings. The van der Waals surface area contributed by atoms with Crippen LogP contribution in [0.3, 0.4) is 0 Å². The fourth-order valence-electron chi connectivity index (χ4n) is 9.58. The molecule has 0 radical (unpaired) electrons. The van der Waals surface area contributed by atoms with Crippen molar-refractivity contribution in [3.05, 3.63) is 77.6 Å². The maximum Gasteiger partial charge on any atom is 0.420 e. The van der Waals surface area contributed by atoms with Crippen molar-refractivity contribution in [3.63, 3.8) is 0 Å². The molecule has 0 saturated carbocycles. The first-order chi connectivity index (χ1) is 28.5. The summed E-state index contributed by atoms with van der Waals surface area (Å²) in [5.74, 6) is 1.83. The molecule has 2 N–H and O–H groups in total. The number of H-pyrrole nitrogens is 2. The number of carbonyl (C=O) groups excluding carboxylic acids is 3. The van der Waals surface area contributed by atoms with Crippen LogP contribution in [0.15, 0.2) is 54.9 Å². The Bertz CT molecular complexity index is 2440. The SMILES string of the molecule is COC(=O)N(SI)[C@H](C(=O)N1CCC[C@H]1c1nc2ncc(-c3ccc4c(c3)C3(COC3)c3cc(-c5cnc([C@@H]6CCCN6C(=O)CC(C)C)[nH]5)ccc3-4)cc2[nH]1)C(C)C. The van der Waals surface area contributed by atoms with Gasteiger partial charge in [0.2, 0.25) is 11.8 Å². The lowest BCUT2D eigenvalue weighted by Crippen LogP contribution is -2.50. The highest BCUT2D eigenvalue weighted by Gasteiger charge is 2.49. The molecule has 6 heterocycles. The van der Waals surface area contributed by atoms with E-state index in [-0.39, 0.29) is 35.2 Å². The number of methoxy groups -OCH3 is 1. The number of likely N-dealkylation sites (tertiary alicyclic amines) is 2. The molecular weight excluding hydrogens is 880 g/mol. The minimum atomic E-state index is -0.681. The number of hydrogen-bond acceptors (Lipinski definition) is 9. The van der Waals surface area contributed by atoms with Crippen molar-refractivity contribution >= 4 is 59.4 Å². The summed E-state index contributed by atoms with van der Waals surface area (Å²) in [5.41, 5.74) is 10.1. The molecule has 0 unspecified atom stereocenters. The predicted octanol–water partition coefficient (Wildman–Crippen LogP) is 8.78. The molecule has 2 aromatic carbocycles. The van der Waals surface area contributed by atoms with E-state index in [9.17, 15) is 14.4 Å². The van der Waals surface area contributed by atoms with E-state index in [1.54, 1.807) is 0 Å². The molecule has 59 heavy (non-hydrogen) atoms. The fourth-order valence-corrected chi connectivity index (χ4v) is 11.3. The molecule has 3 fully saturated rings. The van der Waals surface area contributed by atoms with E-state index in [0.717, 1.165) is 66.0 Å². The second-order valence-corrected chi connectivity index (χ2v) is 18.8. The number of imidazole rings is 2. The van der Waals surface area contributed by atoms with E-state index in [1.807, 2.05) is 57.2 Å². The number of nitrogens with one attached hydrogen (secondary N) is 2. The zero-order valence-electron chi connectivity index (χ0n) is 34.0. The third kappa shape index (κ3) is 6.90. The summed E-state index contributed by atoms with van der Waals surface area (Å²) in [6.45, 7) is 10.6. The number of hydrogen-bond donors (Lipinski definition) is 2. The molecule has 3 aliphatic heterocycles. The second kappa shape index (κ2) is 15.8. The normalized spacial score (nSPS) is 19.7. The maximum absolute atomic E-state index is 14.1. The summed E-state index contributed by atoms with van der Waals surface area (Å²) in [4.78, 5) is 65.2. The van der Waals surface area contributed by atoms with Gasteiger partial charge in [-0.2, -0.15) is 0 Å². The summed E-state index contributed by atoms with van der Waals surface area (Å²) in [5, 5.41) is 0. The van der Waals surface area contributed by atoms with Crippen LogP contribution in [-0.2, 0) is 24.5 Å². The Morgan fingerprint density at radius 3 is 2.22 bits per heavy atom. The van der Waals surface area contributed by atoms with Crippen LogP contribution in [0.1, 0.15) is 94.7 Å². The molecule has 1 aliphatic carbocycles. The molecule has 1 spiro atoms. The van der Waals surface area contributed by atoms with E-state index >= 15 is 0 Å². The van der Waals surface area contributed by atoms with Gasteiger partial charge < -0.3 is 29.2 Å². The van der Waals surface area contributed by atoms with Crippen molar-refractivity contribution < 1.29 is 23.9 Å².